The number of halogens is 3. The molecule has 0 radical (unpaired) electrons. The van der Waals surface area contributed by atoms with Gasteiger partial charge in [-0.15, -0.1) is 0 Å². The molecule has 4 N–H and O–H groups in total. The van der Waals surface area contributed by atoms with Gasteiger partial charge in [0.25, 0.3) is 5.69 Å². The molecule has 2 aromatic carbocycles. The molecule has 15 heteroatoms. The van der Waals surface area contributed by atoms with Crippen molar-refractivity contribution < 1.29 is 30.9 Å². The van der Waals surface area contributed by atoms with Crippen LogP contribution in [0.2, 0.25) is 0 Å². The number of benzene rings is 2. The van der Waals surface area contributed by atoms with E-state index in [2.05, 4.69) is 20.9 Å². The molecule has 0 aliphatic carbocycles. The highest BCUT2D eigenvalue weighted by molar-refractivity contribution is 7.89. The zero-order valence-electron chi connectivity index (χ0n) is 16.9. The van der Waals surface area contributed by atoms with Crippen molar-refractivity contribution in [3.8, 4) is 0 Å². The largest absolute Gasteiger partial charge is 0.468 e. The fraction of sp³-hybridized carbons (Fsp3) is 0.105. The lowest BCUT2D eigenvalue weighted by atomic mass is 10.2. The van der Waals surface area contributed by atoms with Crippen LogP contribution in [0, 0.1) is 10.1 Å². The minimum atomic E-state index is -4.54. The number of hydrazine groups is 1. The van der Waals surface area contributed by atoms with E-state index in [-0.39, 0.29) is 27.9 Å². The minimum Gasteiger partial charge on any atom is -0.468 e. The zero-order chi connectivity index (χ0) is 24.9. The molecule has 3 rings (SSSR count). The van der Waals surface area contributed by atoms with Gasteiger partial charge in [-0.1, -0.05) is 6.07 Å². The standard InChI is InChI=1S/C19H16F3N5O5S2/c20-19(21,22)12-3-1-4-13(9-12)24-18(33)26-25-16-7-6-15(10-17(16)27(28)29)34(30,31)23-11-14-5-2-8-32-14/h1-10,23,25H,11H2,(H2,24,26,33). The molecule has 0 bridgehead atoms. The third kappa shape index (κ3) is 6.43. The average Bonchev–Trinajstić information content (AvgIpc) is 3.29. The molecule has 3 aromatic rings. The van der Waals surface area contributed by atoms with E-state index in [0.717, 1.165) is 30.3 Å². The minimum absolute atomic E-state index is 0.0349. The molecule has 180 valence electrons. The van der Waals surface area contributed by atoms with E-state index in [1.165, 1.54) is 18.4 Å². The fourth-order valence-electron chi connectivity index (χ4n) is 2.66. The van der Waals surface area contributed by atoms with Gasteiger partial charge in [0.05, 0.1) is 28.2 Å². The van der Waals surface area contributed by atoms with E-state index in [4.69, 9.17) is 16.6 Å². The maximum Gasteiger partial charge on any atom is 0.416 e. The Bertz CT molecular complexity index is 1300. The summed E-state index contributed by atoms with van der Waals surface area (Å²) in [5.41, 5.74) is 3.28. The summed E-state index contributed by atoms with van der Waals surface area (Å²) in [5, 5.41) is 13.8. The summed E-state index contributed by atoms with van der Waals surface area (Å²) in [4.78, 5) is 10.3. The maximum absolute atomic E-state index is 12.8. The van der Waals surface area contributed by atoms with Crippen molar-refractivity contribution in [2.45, 2.75) is 17.6 Å². The number of hydrogen-bond donors (Lipinski definition) is 4. The zero-order valence-corrected chi connectivity index (χ0v) is 18.6. The first-order chi connectivity index (χ1) is 16.0. The van der Waals surface area contributed by atoms with Gasteiger partial charge in [0.2, 0.25) is 10.0 Å². The number of hydrogen-bond acceptors (Lipinski definition) is 7. The first-order valence-electron chi connectivity index (χ1n) is 9.26. The summed E-state index contributed by atoms with van der Waals surface area (Å²) in [5.74, 6) is 0.349. The number of nitrogens with zero attached hydrogens (tertiary/aromatic N) is 1. The van der Waals surface area contributed by atoms with Gasteiger partial charge >= 0.3 is 6.18 Å². The molecule has 0 saturated heterocycles. The Balaban J connectivity index is 1.69. The van der Waals surface area contributed by atoms with Crippen molar-refractivity contribution in [1.29, 1.82) is 0 Å². The summed E-state index contributed by atoms with van der Waals surface area (Å²) < 4.78 is 70.7. The Kier molecular flexibility index (Phi) is 7.38. The van der Waals surface area contributed by atoms with E-state index in [1.807, 2.05) is 0 Å². The van der Waals surface area contributed by atoms with Gasteiger partial charge in [-0.3, -0.25) is 21.0 Å². The van der Waals surface area contributed by atoms with Gasteiger partial charge < -0.3 is 9.73 Å². The molecule has 0 aliphatic rings. The molecule has 1 heterocycles. The predicted molar refractivity (Wildman–Crippen MR) is 120 cm³/mol. The number of thiocarbonyl (C=S) groups is 1. The highest BCUT2D eigenvalue weighted by Crippen LogP contribution is 2.31. The smallest absolute Gasteiger partial charge is 0.416 e. The van der Waals surface area contributed by atoms with Crippen LogP contribution >= 0.6 is 12.2 Å². The third-order valence-corrected chi connectivity index (χ3v) is 5.85. The van der Waals surface area contributed by atoms with Gasteiger partial charge in [0.15, 0.2) is 5.11 Å². The number of sulfonamides is 1. The highest BCUT2D eigenvalue weighted by Gasteiger charge is 2.30. The first kappa shape index (κ1) is 24.9. The fourth-order valence-corrected chi connectivity index (χ4v) is 3.84. The Morgan fingerprint density at radius 3 is 2.53 bits per heavy atom. The second kappa shape index (κ2) is 10.1. The number of anilines is 2. The lowest BCUT2D eigenvalue weighted by Crippen LogP contribution is -2.33. The second-order valence-corrected chi connectivity index (χ2v) is 8.80. The molecule has 34 heavy (non-hydrogen) atoms. The quantitative estimate of drug-likeness (QED) is 0.199. The van der Waals surface area contributed by atoms with Crippen molar-refractivity contribution in [3.05, 3.63) is 82.3 Å². The van der Waals surface area contributed by atoms with Crippen molar-refractivity contribution in [1.82, 2.24) is 10.1 Å². The van der Waals surface area contributed by atoms with Crippen LogP contribution in [0.1, 0.15) is 11.3 Å². The number of rotatable bonds is 8. The molecule has 10 nitrogen and oxygen atoms in total. The normalized spacial score (nSPS) is 11.6. The van der Waals surface area contributed by atoms with E-state index in [0.29, 0.717) is 5.76 Å². The van der Waals surface area contributed by atoms with Crippen molar-refractivity contribution in [2.24, 2.45) is 0 Å². The van der Waals surface area contributed by atoms with E-state index < -0.39 is 32.4 Å². The molecular formula is C19H16F3N5O5S2. The lowest BCUT2D eigenvalue weighted by Gasteiger charge is -2.14. The molecule has 0 fully saturated rings. The van der Waals surface area contributed by atoms with Gasteiger partial charge in [-0.2, -0.15) is 13.2 Å². The first-order valence-corrected chi connectivity index (χ1v) is 11.2. The summed E-state index contributed by atoms with van der Waals surface area (Å²) in [6.45, 7) is -0.153. The van der Waals surface area contributed by atoms with Crippen molar-refractivity contribution in [2.75, 3.05) is 10.7 Å². The molecule has 0 amide bonds. The van der Waals surface area contributed by atoms with Gasteiger partial charge in [0.1, 0.15) is 11.4 Å². The molecule has 0 aliphatic heterocycles. The van der Waals surface area contributed by atoms with Crippen LogP contribution < -0.4 is 20.9 Å². The van der Waals surface area contributed by atoms with Crippen LogP contribution in [0.5, 0.6) is 0 Å². The average molecular weight is 515 g/mol. The molecule has 0 spiro atoms. The number of nitro benzene ring substituents is 1. The number of alkyl halides is 3. The van der Waals surface area contributed by atoms with Gasteiger partial charge in [0, 0.05) is 11.8 Å². The van der Waals surface area contributed by atoms with Crippen molar-refractivity contribution >= 4 is 44.4 Å². The summed E-state index contributed by atoms with van der Waals surface area (Å²) in [6.07, 6.45) is -3.17. The topological polar surface area (TPSA) is 139 Å². The van der Waals surface area contributed by atoms with E-state index in [9.17, 15) is 31.7 Å². The monoisotopic (exact) mass is 515 g/mol. The summed E-state index contributed by atoms with van der Waals surface area (Å²) in [7, 11) is -4.09. The van der Waals surface area contributed by atoms with E-state index in [1.54, 1.807) is 12.1 Å². The Morgan fingerprint density at radius 2 is 1.88 bits per heavy atom. The van der Waals surface area contributed by atoms with Crippen LogP contribution in [-0.4, -0.2) is 18.5 Å². The molecule has 0 atom stereocenters. The second-order valence-electron chi connectivity index (χ2n) is 6.62. The Labute approximate surface area is 196 Å². The van der Waals surface area contributed by atoms with Gasteiger partial charge in [-0.25, -0.2) is 13.1 Å². The SMILES string of the molecule is O=[N+]([O-])c1cc(S(=O)(=O)NCc2ccco2)ccc1NNC(=S)Nc1cccc(C(F)(F)F)c1. The molecular weight excluding hydrogens is 499 g/mol. The Morgan fingerprint density at radius 1 is 1.12 bits per heavy atom. The van der Waals surface area contributed by atoms with Crippen LogP contribution in [0.3, 0.4) is 0 Å². The van der Waals surface area contributed by atoms with Crippen LogP contribution in [-0.2, 0) is 22.7 Å². The van der Waals surface area contributed by atoms with Gasteiger partial charge in [-0.05, 0) is 54.7 Å². The predicted octanol–water partition coefficient (Wildman–Crippen LogP) is 4.00. The molecule has 0 saturated carbocycles. The molecule has 0 unspecified atom stereocenters. The maximum atomic E-state index is 12.8. The van der Waals surface area contributed by atoms with Crippen molar-refractivity contribution in [3.63, 3.8) is 0 Å². The summed E-state index contributed by atoms with van der Waals surface area (Å²) in [6, 6.07) is 10.5. The van der Waals surface area contributed by atoms with Crippen LogP contribution in [0.15, 0.2) is 70.2 Å². The highest BCUT2D eigenvalue weighted by atomic mass is 32.2. The number of nitro groups is 1. The summed E-state index contributed by atoms with van der Waals surface area (Å²) >= 11 is 4.99. The number of nitrogens with one attached hydrogen (secondary N) is 4. The third-order valence-electron chi connectivity index (χ3n) is 4.25. The van der Waals surface area contributed by atoms with E-state index >= 15 is 0 Å². The number of furan rings is 1. The Hall–Kier alpha value is -3.69. The lowest BCUT2D eigenvalue weighted by molar-refractivity contribution is -0.384. The van der Waals surface area contributed by atoms with Crippen LogP contribution in [0.4, 0.5) is 30.2 Å². The van der Waals surface area contributed by atoms with Crippen LogP contribution in [0.25, 0.3) is 0 Å². The molecule has 1 aromatic heterocycles.